The van der Waals surface area contributed by atoms with Crippen molar-refractivity contribution in [1.29, 1.82) is 0 Å². The topological polar surface area (TPSA) is 72.3 Å². The van der Waals surface area contributed by atoms with Crippen molar-refractivity contribution in [2.24, 2.45) is 0 Å². The SMILES string of the molecule is CCO.Nc1ccon1.[HH]. The van der Waals surface area contributed by atoms with Gasteiger partial charge in [-0.25, -0.2) is 0 Å². The van der Waals surface area contributed by atoms with Crippen molar-refractivity contribution in [1.82, 2.24) is 5.16 Å². The molecule has 0 amide bonds. The first-order chi connectivity index (χ1) is 4.31. The van der Waals surface area contributed by atoms with E-state index in [0.717, 1.165) is 0 Å². The van der Waals surface area contributed by atoms with Crippen molar-refractivity contribution in [2.75, 3.05) is 12.3 Å². The summed E-state index contributed by atoms with van der Waals surface area (Å²) in [6.07, 6.45) is 1.43. The van der Waals surface area contributed by atoms with E-state index in [1.807, 2.05) is 0 Å². The Hall–Kier alpha value is -1.03. The van der Waals surface area contributed by atoms with E-state index in [0.29, 0.717) is 5.82 Å². The van der Waals surface area contributed by atoms with Crippen LogP contribution in [-0.4, -0.2) is 16.9 Å². The highest BCUT2D eigenvalue weighted by molar-refractivity contribution is 5.21. The van der Waals surface area contributed by atoms with Crippen molar-refractivity contribution < 1.29 is 11.1 Å². The van der Waals surface area contributed by atoms with Crippen LogP contribution in [0.25, 0.3) is 0 Å². The molecule has 0 atom stereocenters. The molecule has 1 aromatic heterocycles. The lowest BCUT2D eigenvalue weighted by Crippen LogP contribution is -1.79. The van der Waals surface area contributed by atoms with Gasteiger partial charge in [-0.3, -0.25) is 0 Å². The number of aliphatic hydroxyl groups excluding tert-OH is 1. The monoisotopic (exact) mass is 132 g/mol. The molecule has 0 fully saturated rings. The molecule has 0 spiro atoms. The Morgan fingerprint density at radius 2 is 2.56 bits per heavy atom. The number of rotatable bonds is 0. The summed E-state index contributed by atoms with van der Waals surface area (Å²) in [5, 5.41) is 10.9. The minimum Gasteiger partial charge on any atom is -0.397 e. The number of hydrogen-bond donors (Lipinski definition) is 2. The lowest BCUT2D eigenvalue weighted by atomic mass is 10.7. The first-order valence-electron chi connectivity index (χ1n) is 2.58. The molecular weight excluding hydrogens is 120 g/mol. The molecule has 0 radical (unpaired) electrons. The summed E-state index contributed by atoms with van der Waals surface area (Å²) >= 11 is 0. The Morgan fingerprint density at radius 3 is 2.67 bits per heavy atom. The Balaban J connectivity index is 0. The van der Waals surface area contributed by atoms with E-state index in [2.05, 4.69) is 9.68 Å². The maximum atomic E-state index is 7.57. The average Bonchev–Trinajstić information content (AvgIpc) is 2.20. The van der Waals surface area contributed by atoms with Gasteiger partial charge in [-0.2, -0.15) is 0 Å². The van der Waals surface area contributed by atoms with Crippen molar-refractivity contribution in [3.8, 4) is 0 Å². The molecule has 0 aliphatic heterocycles. The summed E-state index contributed by atoms with van der Waals surface area (Å²) < 4.78 is 4.34. The van der Waals surface area contributed by atoms with Gasteiger partial charge in [0, 0.05) is 14.1 Å². The lowest BCUT2D eigenvalue weighted by Gasteiger charge is -1.65. The molecule has 0 aromatic carbocycles. The van der Waals surface area contributed by atoms with Crippen molar-refractivity contribution >= 4 is 5.82 Å². The minimum absolute atomic E-state index is 0. The van der Waals surface area contributed by atoms with Gasteiger partial charge < -0.3 is 15.4 Å². The van der Waals surface area contributed by atoms with Crippen molar-refractivity contribution in [3.05, 3.63) is 12.3 Å². The quantitative estimate of drug-likeness (QED) is 0.539. The van der Waals surface area contributed by atoms with Crippen LogP contribution in [0, 0.1) is 0 Å². The molecule has 1 aromatic rings. The van der Waals surface area contributed by atoms with Crippen LogP contribution in [0.2, 0.25) is 0 Å². The summed E-state index contributed by atoms with van der Waals surface area (Å²) in [6, 6.07) is 1.58. The van der Waals surface area contributed by atoms with Gasteiger partial charge >= 0.3 is 0 Å². The third-order valence-electron chi connectivity index (χ3n) is 0.458. The largest absolute Gasteiger partial charge is 0.397 e. The molecule has 54 valence electrons. The molecule has 0 saturated carbocycles. The normalized spacial score (nSPS) is 7.78. The maximum Gasteiger partial charge on any atom is 0.166 e. The Labute approximate surface area is 54.8 Å². The Bertz CT molecular complexity index is 132. The number of anilines is 1. The van der Waals surface area contributed by atoms with Crippen LogP contribution in [0.15, 0.2) is 16.9 Å². The standard InChI is InChI=1S/C3H4N2O.C2H6O.H2/c4-3-1-2-6-5-3;1-2-3;/h1-2H,(H2,4,5);3H,2H2,1H3;1H. The fraction of sp³-hybridized carbons (Fsp3) is 0.400. The molecule has 0 aliphatic carbocycles. The van der Waals surface area contributed by atoms with Gasteiger partial charge in [0.15, 0.2) is 5.82 Å². The highest BCUT2D eigenvalue weighted by Crippen LogP contribution is 1.90. The van der Waals surface area contributed by atoms with E-state index >= 15 is 0 Å². The molecule has 1 heterocycles. The van der Waals surface area contributed by atoms with Crippen LogP contribution < -0.4 is 5.73 Å². The second kappa shape index (κ2) is 5.11. The Morgan fingerprint density at radius 1 is 2.00 bits per heavy atom. The number of nitrogens with two attached hydrogens (primary N) is 1. The third kappa shape index (κ3) is 4.83. The zero-order chi connectivity index (χ0) is 7.11. The van der Waals surface area contributed by atoms with Crippen molar-refractivity contribution in [3.63, 3.8) is 0 Å². The number of hydrogen-bond acceptors (Lipinski definition) is 4. The fourth-order valence-electron chi connectivity index (χ4n) is 0.222. The molecular formula is C5H12N2O2. The Kier molecular flexibility index (Phi) is 4.53. The van der Waals surface area contributed by atoms with Crippen molar-refractivity contribution in [2.45, 2.75) is 6.92 Å². The second-order valence-corrected chi connectivity index (χ2v) is 1.24. The summed E-state index contributed by atoms with van der Waals surface area (Å²) in [4.78, 5) is 0. The molecule has 4 nitrogen and oxygen atoms in total. The third-order valence-corrected chi connectivity index (χ3v) is 0.458. The molecule has 4 heteroatoms. The van der Waals surface area contributed by atoms with Gasteiger partial charge in [-0.05, 0) is 6.92 Å². The van der Waals surface area contributed by atoms with E-state index in [1.54, 1.807) is 13.0 Å². The van der Waals surface area contributed by atoms with Crippen LogP contribution in [0.4, 0.5) is 5.82 Å². The highest BCUT2D eigenvalue weighted by atomic mass is 16.5. The smallest absolute Gasteiger partial charge is 0.166 e. The van der Waals surface area contributed by atoms with Gasteiger partial charge in [0.25, 0.3) is 0 Å². The first-order valence-corrected chi connectivity index (χ1v) is 2.58. The van der Waals surface area contributed by atoms with Crippen LogP contribution >= 0.6 is 0 Å². The summed E-state index contributed by atoms with van der Waals surface area (Å²) in [7, 11) is 0. The zero-order valence-corrected chi connectivity index (χ0v) is 5.24. The number of nitrogens with zero attached hydrogens (tertiary/aromatic N) is 1. The van der Waals surface area contributed by atoms with Crippen LogP contribution in [0.3, 0.4) is 0 Å². The fourth-order valence-corrected chi connectivity index (χ4v) is 0.222. The van der Waals surface area contributed by atoms with Gasteiger partial charge in [0.1, 0.15) is 6.26 Å². The molecule has 9 heavy (non-hydrogen) atoms. The minimum atomic E-state index is 0. The molecule has 3 N–H and O–H groups in total. The van der Waals surface area contributed by atoms with E-state index in [1.165, 1.54) is 6.26 Å². The van der Waals surface area contributed by atoms with E-state index in [4.69, 9.17) is 10.8 Å². The second-order valence-electron chi connectivity index (χ2n) is 1.24. The van der Waals surface area contributed by atoms with Crippen LogP contribution in [-0.2, 0) is 0 Å². The molecule has 1 rings (SSSR count). The van der Waals surface area contributed by atoms with Crippen LogP contribution in [0.5, 0.6) is 0 Å². The molecule has 0 unspecified atom stereocenters. The highest BCUT2D eigenvalue weighted by Gasteiger charge is 1.78. The van der Waals surface area contributed by atoms with E-state index in [9.17, 15) is 0 Å². The van der Waals surface area contributed by atoms with Gasteiger partial charge in [0.05, 0.1) is 0 Å². The van der Waals surface area contributed by atoms with E-state index < -0.39 is 0 Å². The van der Waals surface area contributed by atoms with Gasteiger partial charge in [-0.1, -0.05) is 5.16 Å². The average molecular weight is 132 g/mol. The summed E-state index contributed by atoms with van der Waals surface area (Å²) in [5.41, 5.74) is 5.07. The number of aromatic nitrogens is 1. The molecule has 0 saturated heterocycles. The van der Waals surface area contributed by atoms with E-state index in [-0.39, 0.29) is 8.03 Å². The van der Waals surface area contributed by atoms with Crippen LogP contribution in [0.1, 0.15) is 8.35 Å². The molecule has 0 aliphatic rings. The summed E-state index contributed by atoms with van der Waals surface area (Å²) in [5.74, 6) is 0.426. The zero-order valence-electron chi connectivity index (χ0n) is 5.24. The predicted molar refractivity (Wildman–Crippen MR) is 35.8 cm³/mol. The number of aliphatic hydroxyl groups is 1. The maximum absolute atomic E-state index is 7.57. The van der Waals surface area contributed by atoms with Gasteiger partial charge in [-0.15, -0.1) is 0 Å². The molecule has 0 bridgehead atoms. The lowest BCUT2D eigenvalue weighted by molar-refractivity contribution is 0.318. The summed E-state index contributed by atoms with van der Waals surface area (Å²) in [6.45, 7) is 1.93. The number of nitrogen functional groups attached to an aromatic ring is 1. The first kappa shape index (κ1) is 7.97. The van der Waals surface area contributed by atoms with Gasteiger partial charge in [0.2, 0.25) is 0 Å². The predicted octanol–water partition coefficient (Wildman–Crippen LogP) is 0.501.